The van der Waals surface area contributed by atoms with Gasteiger partial charge >= 0.3 is 0 Å². The second kappa shape index (κ2) is 3.77. The zero-order valence-corrected chi connectivity index (χ0v) is 9.58. The Hall–Kier alpha value is -0.770. The predicted molar refractivity (Wildman–Crippen MR) is 55.6 cm³/mol. The van der Waals surface area contributed by atoms with Crippen molar-refractivity contribution in [2.45, 2.75) is 19.9 Å². The molecule has 1 aromatic heterocycles. The number of likely N-dealkylation sites (tertiary alicyclic amines) is 1. The van der Waals surface area contributed by atoms with Crippen LogP contribution in [0.4, 0.5) is 0 Å². The highest BCUT2D eigenvalue weighted by Gasteiger charge is 2.26. The molecule has 0 aromatic carbocycles. The summed E-state index contributed by atoms with van der Waals surface area (Å²) >= 11 is 3.24. The van der Waals surface area contributed by atoms with Gasteiger partial charge in [-0.15, -0.1) is 0 Å². The molecule has 1 unspecified atom stereocenters. The molecule has 76 valence electrons. The molecule has 2 rings (SSSR count). The Labute approximate surface area is 91.2 Å². The molecule has 0 radical (unpaired) electrons. The quantitative estimate of drug-likeness (QED) is 0.816. The van der Waals surface area contributed by atoms with Gasteiger partial charge in [0.1, 0.15) is 5.76 Å². The second-order valence-electron chi connectivity index (χ2n) is 3.79. The van der Waals surface area contributed by atoms with Crippen molar-refractivity contribution in [3.05, 3.63) is 22.6 Å². The average Bonchev–Trinajstić information content (AvgIpc) is 2.61. The monoisotopic (exact) mass is 257 g/mol. The minimum absolute atomic E-state index is 0.227. The molecule has 2 heterocycles. The molecule has 1 aliphatic rings. The van der Waals surface area contributed by atoms with Gasteiger partial charge in [0.25, 0.3) is 0 Å². The molecule has 0 saturated carbocycles. The Morgan fingerprint density at radius 1 is 1.64 bits per heavy atom. The molecule has 4 heteroatoms. The SMILES string of the molecule is CC1CC(=O)N(Cc2ccc(Br)o2)C1. The molecule has 1 fully saturated rings. The normalized spacial score (nSPS) is 22.0. The molecule has 1 amide bonds. The zero-order valence-electron chi connectivity index (χ0n) is 8.00. The Balaban J connectivity index is 2.01. The van der Waals surface area contributed by atoms with Crippen molar-refractivity contribution < 1.29 is 9.21 Å². The lowest BCUT2D eigenvalue weighted by atomic mass is 10.2. The number of hydrogen-bond donors (Lipinski definition) is 0. The lowest BCUT2D eigenvalue weighted by Gasteiger charge is -2.13. The summed E-state index contributed by atoms with van der Waals surface area (Å²) in [5, 5.41) is 0. The smallest absolute Gasteiger partial charge is 0.223 e. The van der Waals surface area contributed by atoms with Crippen molar-refractivity contribution in [3.8, 4) is 0 Å². The van der Waals surface area contributed by atoms with E-state index in [4.69, 9.17) is 4.42 Å². The van der Waals surface area contributed by atoms with Gasteiger partial charge in [0, 0.05) is 13.0 Å². The van der Waals surface area contributed by atoms with Gasteiger partial charge in [-0.3, -0.25) is 4.79 Å². The summed E-state index contributed by atoms with van der Waals surface area (Å²) in [7, 11) is 0. The number of amides is 1. The first kappa shape index (κ1) is 9.77. The predicted octanol–water partition coefficient (Wildman–Crippen LogP) is 2.41. The van der Waals surface area contributed by atoms with E-state index >= 15 is 0 Å². The first-order valence-electron chi connectivity index (χ1n) is 4.67. The second-order valence-corrected chi connectivity index (χ2v) is 4.57. The van der Waals surface area contributed by atoms with Crippen molar-refractivity contribution in [2.75, 3.05) is 6.54 Å². The third-order valence-electron chi connectivity index (χ3n) is 2.38. The van der Waals surface area contributed by atoms with E-state index in [1.807, 2.05) is 17.0 Å². The van der Waals surface area contributed by atoms with Crippen molar-refractivity contribution in [1.29, 1.82) is 0 Å². The molecule has 0 spiro atoms. The molecule has 0 N–H and O–H groups in total. The van der Waals surface area contributed by atoms with Gasteiger partial charge in [0.15, 0.2) is 4.67 Å². The lowest BCUT2D eigenvalue weighted by Crippen LogP contribution is -2.24. The van der Waals surface area contributed by atoms with Gasteiger partial charge in [-0.1, -0.05) is 6.92 Å². The third kappa shape index (κ3) is 2.00. The largest absolute Gasteiger partial charge is 0.452 e. The van der Waals surface area contributed by atoms with Crippen molar-refractivity contribution in [2.24, 2.45) is 5.92 Å². The number of carbonyl (C=O) groups excluding carboxylic acids is 1. The van der Waals surface area contributed by atoms with Crippen LogP contribution in [0.5, 0.6) is 0 Å². The minimum atomic E-state index is 0.227. The van der Waals surface area contributed by atoms with Crippen LogP contribution in [-0.2, 0) is 11.3 Å². The van der Waals surface area contributed by atoms with Gasteiger partial charge in [-0.2, -0.15) is 0 Å². The van der Waals surface area contributed by atoms with E-state index in [0.717, 1.165) is 12.3 Å². The fraction of sp³-hybridized carbons (Fsp3) is 0.500. The summed E-state index contributed by atoms with van der Waals surface area (Å²) in [4.78, 5) is 13.3. The number of hydrogen-bond acceptors (Lipinski definition) is 2. The fourth-order valence-corrected chi connectivity index (χ4v) is 2.09. The maximum atomic E-state index is 11.5. The van der Waals surface area contributed by atoms with E-state index in [0.29, 0.717) is 23.6 Å². The van der Waals surface area contributed by atoms with Crippen LogP contribution in [0.3, 0.4) is 0 Å². The number of carbonyl (C=O) groups is 1. The maximum absolute atomic E-state index is 11.5. The number of furan rings is 1. The molecule has 0 bridgehead atoms. The first-order chi connectivity index (χ1) is 6.65. The Morgan fingerprint density at radius 2 is 2.43 bits per heavy atom. The zero-order chi connectivity index (χ0) is 10.1. The molecule has 1 atom stereocenters. The number of nitrogens with zero attached hydrogens (tertiary/aromatic N) is 1. The lowest BCUT2D eigenvalue weighted by molar-refractivity contribution is -0.128. The van der Waals surface area contributed by atoms with Crippen LogP contribution < -0.4 is 0 Å². The van der Waals surface area contributed by atoms with E-state index < -0.39 is 0 Å². The topological polar surface area (TPSA) is 33.5 Å². The highest BCUT2D eigenvalue weighted by molar-refractivity contribution is 9.10. The highest BCUT2D eigenvalue weighted by Crippen LogP contribution is 2.21. The van der Waals surface area contributed by atoms with Gasteiger partial charge in [-0.05, 0) is 34.0 Å². The van der Waals surface area contributed by atoms with Gasteiger partial charge in [0.2, 0.25) is 5.91 Å². The van der Waals surface area contributed by atoms with Crippen LogP contribution in [0, 0.1) is 5.92 Å². The number of rotatable bonds is 2. The van der Waals surface area contributed by atoms with Crippen LogP contribution >= 0.6 is 15.9 Å². The fourth-order valence-electron chi connectivity index (χ4n) is 1.75. The summed E-state index contributed by atoms with van der Waals surface area (Å²) in [5.74, 6) is 1.53. The van der Waals surface area contributed by atoms with Gasteiger partial charge < -0.3 is 9.32 Å². The van der Waals surface area contributed by atoms with E-state index in [1.165, 1.54) is 0 Å². The van der Waals surface area contributed by atoms with Gasteiger partial charge in [0.05, 0.1) is 6.54 Å². The van der Waals surface area contributed by atoms with Crippen LogP contribution in [0.25, 0.3) is 0 Å². The van der Waals surface area contributed by atoms with E-state index in [-0.39, 0.29) is 5.91 Å². The van der Waals surface area contributed by atoms with Crippen LogP contribution in [0.1, 0.15) is 19.1 Å². The van der Waals surface area contributed by atoms with Crippen molar-refractivity contribution >= 4 is 21.8 Å². The maximum Gasteiger partial charge on any atom is 0.223 e. The van der Waals surface area contributed by atoms with Crippen LogP contribution in [-0.4, -0.2) is 17.4 Å². The summed E-state index contributed by atoms with van der Waals surface area (Å²) < 4.78 is 6.07. The molecule has 1 aromatic rings. The number of halogens is 1. The highest BCUT2D eigenvalue weighted by atomic mass is 79.9. The summed E-state index contributed by atoms with van der Waals surface area (Å²) in [5.41, 5.74) is 0. The van der Waals surface area contributed by atoms with Crippen molar-refractivity contribution in [1.82, 2.24) is 4.90 Å². The third-order valence-corrected chi connectivity index (χ3v) is 2.81. The molecule has 14 heavy (non-hydrogen) atoms. The Kier molecular flexibility index (Phi) is 2.63. The van der Waals surface area contributed by atoms with Crippen LogP contribution in [0.15, 0.2) is 21.2 Å². The van der Waals surface area contributed by atoms with E-state index in [2.05, 4.69) is 22.9 Å². The molecule has 1 aliphatic heterocycles. The summed E-state index contributed by atoms with van der Waals surface area (Å²) in [6.07, 6.45) is 0.669. The standard InChI is InChI=1S/C10H12BrNO2/c1-7-4-10(13)12(5-7)6-8-2-3-9(11)14-8/h2-3,7H,4-6H2,1H3. The molecular weight excluding hydrogens is 246 g/mol. The van der Waals surface area contributed by atoms with Crippen molar-refractivity contribution in [3.63, 3.8) is 0 Å². The van der Waals surface area contributed by atoms with E-state index in [1.54, 1.807) is 0 Å². The first-order valence-corrected chi connectivity index (χ1v) is 5.46. The van der Waals surface area contributed by atoms with Crippen LogP contribution in [0.2, 0.25) is 0 Å². The minimum Gasteiger partial charge on any atom is -0.452 e. The molecule has 3 nitrogen and oxygen atoms in total. The average molecular weight is 258 g/mol. The van der Waals surface area contributed by atoms with E-state index in [9.17, 15) is 4.79 Å². The molecule has 0 aliphatic carbocycles. The molecule has 1 saturated heterocycles. The Bertz CT molecular complexity index is 348. The summed E-state index contributed by atoms with van der Waals surface area (Å²) in [6.45, 7) is 3.53. The van der Waals surface area contributed by atoms with Gasteiger partial charge in [-0.25, -0.2) is 0 Å². The Morgan fingerprint density at radius 3 is 2.93 bits per heavy atom. The summed E-state index contributed by atoms with van der Waals surface area (Å²) in [6, 6.07) is 3.74. The molecular formula is C10H12BrNO2.